The van der Waals surface area contributed by atoms with E-state index < -0.39 is 0 Å². The first-order valence-corrected chi connectivity index (χ1v) is 11.3. The molecule has 1 amide bonds. The van der Waals surface area contributed by atoms with Gasteiger partial charge in [0.05, 0.1) is 22.9 Å². The van der Waals surface area contributed by atoms with Gasteiger partial charge in [0.2, 0.25) is 5.91 Å². The van der Waals surface area contributed by atoms with Crippen LogP contribution in [0, 0.1) is 13.8 Å². The molecule has 6 nitrogen and oxygen atoms in total. The molecule has 0 fully saturated rings. The predicted molar refractivity (Wildman–Crippen MR) is 120 cm³/mol. The molecule has 29 heavy (non-hydrogen) atoms. The van der Waals surface area contributed by atoms with E-state index in [9.17, 15) is 9.59 Å². The van der Waals surface area contributed by atoms with Gasteiger partial charge in [-0.1, -0.05) is 18.2 Å². The van der Waals surface area contributed by atoms with Crippen molar-refractivity contribution >= 4 is 39.2 Å². The molecule has 1 N–H and O–H groups in total. The molecule has 0 saturated carbocycles. The first kappa shape index (κ1) is 21.4. The lowest BCUT2D eigenvalue weighted by atomic mass is 10.2. The molecule has 8 heteroatoms. The zero-order chi connectivity index (χ0) is 21.0. The molecule has 0 spiro atoms. The second kappa shape index (κ2) is 9.45. The Kier molecular flexibility index (Phi) is 6.97. The zero-order valence-corrected chi connectivity index (χ0v) is 18.7. The van der Waals surface area contributed by atoms with Crippen molar-refractivity contribution in [3.8, 4) is 5.75 Å². The molecule has 2 heterocycles. The van der Waals surface area contributed by atoms with E-state index in [-0.39, 0.29) is 16.7 Å². The first-order chi connectivity index (χ1) is 13.9. The maximum absolute atomic E-state index is 12.6. The third-order valence-corrected chi connectivity index (χ3v) is 6.96. The van der Waals surface area contributed by atoms with Crippen LogP contribution in [0.5, 0.6) is 5.75 Å². The number of fused-ring (bicyclic) bond motifs is 1. The van der Waals surface area contributed by atoms with Crippen LogP contribution in [0.2, 0.25) is 0 Å². The molecule has 1 aromatic carbocycles. The number of aromatic amines is 1. The fourth-order valence-electron chi connectivity index (χ4n) is 2.88. The lowest BCUT2D eigenvalue weighted by Gasteiger charge is -2.21. The van der Waals surface area contributed by atoms with Gasteiger partial charge in [-0.2, -0.15) is 0 Å². The molecule has 0 saturated heterocycles. The van der Waals surface area contributed by atoms with Crippen molar-refractivity contribution in [3.05, 3.63) is 57.0 Å². The zero-order valence-electron chi connectivity index (χ0n) is 17.0. The molecule has 3 rings (SSSR count). The van der Waals surface area contributed by atoms with Crippen LogP contribution in [0.3, 0.4) is 0 Å². The highest BCUT2D eigenvalue weighted by molar-refractivity contribution is 7.99. The number of rotatable bonds is 8. The molecule has 0 aliphatic rings. The number of likely N-dealkylation sites (N-methyl/N-ethyl adjacent to an activating group) is 1. The molecule has 1 atom stereocenters. The smallest absolute Gasteiger partial charge is 0.259 e. The van der Waals surface area contributed by atoms with Gasteiger partial charge < -0.3 is 14.6 Å². The highest BCUT2D eigenvalue weighted by Crippen LogP contribution is 2.26. The van der Waals surface area contributed by atoms with Crippen molar-refractivity contribution < 1.29 is 9.53 Å². The monoisotopic (exact) mass is 431 g/mol. The van der Waals surface area contributed by atoms with Crippen molar-refractivity contribution in [2.45, 2.75) is 31.8 Å². The number of carbonyl (C=O) groups excluding carboxylic acids is 1. The predicted octanol–water partition coefficient (Wildman–Crippen LogP) is 3.76. The minimum absolute atomic E-state index is 0.0258. The number of H-pyrrole nitrogens is 1. The maximum atomic E-state index is 12.6. The van der Waals surface area contributed by atoms with Crippen LogP contribution in [-0.4, -0.2) is 46.2 Å². The lowest BCUT2D eigenvalue weighted by Crippen LogP contribution is -2.36. The normalized spacial score (nSPS) is 12.1. The Morgan fingerprint density at radius 2 is 2.03 bits per heavy atom. The van der Waals surface area contributed by atoms with Crippen molar-refractivity contribution in [3.63, 3.8) is 0 Å². The number of carbonyl (C=O) groups is 1. The average molecular weight is 432 g/mol. The molecule has 2 aromatic heterocycles. The van der Waals surface area contributed by atoms with E-state index in [1.807, 2.05) is 51.1 Å². The molecular weight excluding hydrogens is 406 g/mol. The van der Waals surface area contributed by atoms with Crippen LogP contribution >= 0.6 is 23.1 Å². The molecule has 0 aliphatic carbocycles. The summed E-state index contributed by atoms with van der Waals surface area (Å²) in [6.07, 6.45) is 0. The second-order valence-corrected chi connectivity index (χ2v) is 9.38. The summed E-state index contributed by atoms with van der Waals surface area (Å²) in [6, 6.07) is 9.54. The minimum Gasteiger partial charge on any atom is -0.492 e. The quantitative estimate of drug-likeness (QED) is 0.588. The number of ether oxygens (including phenoxy) is 1. The molecule has 1 unspecified atom stereocenters. The number of hydrogen-bond donors (Lipinski definition) is 1. The number of aryl methyl sites for hydroxylation is 2. The Labute approximate surface area is 178 Å². The number of nitrogens with one attached hydrogen (secondary N) is 1. The van der Waals surface area contributed by atoms with Gasteiger partial charge in [-0.05, 0) is 38.5 Å². The number of benzene rings is 1. The average Bonchev–Trinajstić information content (AvgIpc) is 3.00. The third-order valence-electron chi connectivity index (χ3n) is 4.72. The first-order valence-electron chi connectivity index (χ1n) is 9.40. The second-order valence-electron chi connectivity index (χ2n) is 6.85. The highest BCUT2D eigenvalue weighted by atomic mass is 32.2. The number of aromatic nitrogens is 2. The molecule has 0 aliphatic heterocycles. The van der Waals surface area contributed by atoms with Gasteiger partial charge in [-0.3, -0.25) is 9.59 Å². The number of thiophene rings is 1. The van der Waals surface area contributed by atoms with E-state index in [4.69, 9.17) is 4.74 Å². The number of nitrogens with zero attached hydrogens (tertiary/aromatic N) is 2. The standard InChI is InChI=1S/C21H25N3O3S2/c1-13-14(2)29-20-18(13)19(25)22-17(23-20)12-28-15(3)21(26)24(4)10-11-27-16-8-6-5-7-9-16/h5-9,15H,10-12H2,1-4H3,(H,22,23,25). The van der Waals surface area contributed by atoms with E-state index in [0.29, 0.717) is 30.1 Å². The Morgan fingerprint density at radius 1 is 1.31 bits per heavy atom. The van der Waals surface area contributed by atoms with Gasteiger partial charge >= 0.3 is 0 Å². The van der Waals surface area contributed by atoms with Gasteiger partial charge in [0.15, 0.2) is 0 Å². The number of para-hydroxylation sites is 1. The summed E-state index contributed by atoms with van der Waals surface area (Å²) in [4.78, 5) is 35.9. The number of amides is 1. The Morgan fingerprint density at radius 3 is 2.76 bits per heavy atom. The van der Waals surface area contributed by atoms with Gasteiger partial charge in [0.25, 0.3) is 5.56 Å². The summed E-state index contributed by atoms with van der Waals surface area (Å²) >= 11 is 2.99. The van der Waals surface area contributed by atoms with Gasteiger partial charge in [-0.25, -0.2) is 4.98 Å². The van der Waals surface area contributed by atoms with Crippen LogP contribution in [0.4, 0.5) is 0 Å². The summed E-state index contributed by atoms with van der Waals surface area (Å²) in [5.74, 6) is 1.89. The number of hydrogen-bond acceptors (Lipinski definition) is 6. The molecular formula is C21H25N3O3S2. The van der Waals surface area contributed by atoms with Crippen molar-refractivity contribution in [2.75, 3.05) is 20.2 Å². The van der Waals surface area contributed by atoms with Crippen molar-refractivity contribution in [2.24, 2.45) is 0 Å². The minimum atomic E-state index is -0.246. The van der Waals surface area contributed by atoms with Crippen LogP contribution in [0.1, 0.15) is 23.2 Å². The molecule has 0 bridgehead atoms. The highest BCUT2D eigenvalue weighted by Gasteiger charge is 2.19. The van der Waals surface area contributed by atoms with Gasteiger partial charge in [0, 0.05) is 11.9 Å². The largest absolute Gasteiger partial charge is 0.492 e. The van der Waals surface area contributed by atoms with Gasteiger partial charge in [-0.15, -0.1) is 23.1 Å². The van der Waals surface area contributed by atoms with Gasteiger partial charge in [0.1, 0.15) is 23.0 Å². The van der Waals surface area contributed by atoms with Crippen LogP contribution in [0.25, 0.3) is 10.2 Å². The van der Waals surface area contributed by atoms with Crippen molar-refractivity contribution in [1.82, 2.24) is 14.9 Å². The molecule has 3 aromatic rings. The fourth-order valence-corrected chi connectivity index (χ4v) is 4.80. The SMILES string of the molecule is Cc1sc2nc(CSC(C)C(=O)N(C)CCOc3ccccc3)[nH]c(=O)c2c1C. The van der Waals surface area contributed by atoms with Crippen LogP contribution < -0.4 is 10.3 Å². The summed E-state index contributed by atoms with van der Waals surface area (Å²) in [6.45, 7) is 6.75. The van der Waals surface area contributed by atoms with E-state index in [1.165, 1.54) is 23.1 Å². The van der Waals surface area contributed by atoms with E-state index >= 15 is 0 Å². The van der Waals surface area contributed by atoms with E-state index in [2.05, 4.69) is 9.97 Å². The van der Waals surface area contributed by atoms with Crippen molar-refractivity contribution in [1.29, 1.82) is 0 Å². The molecule has 154 valence electrons. The summed E-state index contributed by atoms with van der Waals surface area (Å²) in [5.41, 5.74) is 0.877. The third kappa shape index (κ3) is 5.19. The summed E-state index contributed by atoms with van der Waals surface area (Å²) in [7, 11) is 1.77. The maximum Gasteiger partial charge on any atom is 0.259 e. The van der Waals surface area contributed by atoms with Crippen LogP contribution in [0.15, 0.2) is 35.1 Å². The Hall–Kier alpha value is -2.32. The van der Waals surface area contributed by atoms with E-state index in [1.54, 1.807) is 11.9 Å². The summed E-state index contributed by atoms with van der Waals surface area (Å²) in [5, 5.41) is 0.424. The summed E-state index contributed by atoms with van der Waals surface area (Å²) < 4.78 is 5.65. The number of thioether (sulfide) groups is 1. The van der Waals surface area contributed by atoms with Crippen LogP contribution in [-0.2, 0) is 10.5 Å². The van der Waals surface area contributed by atoms with E-state index in [0.717, 1.165) is 21.0 Å². The topological polar surface area (TPSA) is 75.3 Å². The lowest BCUT2D eigenvalue weighted by molar-refractivity contribution is -0.129. The molecule has 0 radical (unpaired) electrons. The Bertz CT molecular complexity index is 1050. The fraction of sp³-hybridized carbons (Fsp3) is 0.381. The Balaban J connectivity index is 1.53.